The number of carbonyl (C=O) groups is 3. The zero-order chi connectivity index (χ0) is 20.7. The number of hydrogen-bond acceptors (Lipinski definition) is 6. The van der Waals surface area contributed by atoms with E-state index in [0.29, 0.717) is 12.3 Å². The van der Waals surface area contributed by atoms with E-state index in [-0.39, 0.29) is 30.8 Å². The van der Waals surface area contributed by atoms with Crippen molar-refractivity contribution in [3.05, 3.63) is 24.0 Å². The van der Waals surface area contributed by atoms with Crippen molar-refractivity contribution in [2.75, 3.05) is 26.7 Å². The van der Waals surface area contributed by atoms with Gasteiger partial charge in [-0.25, -0.2) is 17.9 Å². The summed E-state index contributed by atoms with van der Waals surface area (Å²) in [6.07, 6.45) is 5.33. The van der Waals surface area contributed by atoms with Crippen molar-refractivity contribution in [3.8, 4) is 0 Å². The highest BCUT2D eigenvalue weighted by Gasteiger charge is 2.51. The van der Waals surface area contributed by atoms with Gasteiger partial charge in [-0.05, 0) is 26.0 Å². The first-order valence-electron chi connectivity index (χ1n) is 8.93. The zero-order valence-electron chi connectivity index (χ0n) is 15.9. The van der Waals surface area contributed by atoms with Crippen LogP contribution in [0.5, 0.6) is 0 Å². The Bertz CT molecular complexity index is 865. The number of amides is 4. The molecule has 11 heteroatoms. The van der Waals surface area contributed by atoms with Gasteiger partial charge in [0.1, 0.15) is 5.76 Å². The Morgan fingerprint density at radius 1 is 1.36 bits per heavy atom. The lowest BCUT2D eigenvalue weighted by molar-refractivity contribution is -0.132. The van der Waals surface area contributed by atoms with Crippen molar-refractivity contribution >= 4 is 27.9 Å². The third kappa shape index (κ3) is 3.63. The molecule has 1 aliphatic carbocycles. The van der Waals surface area contributed by atoms with Gasteiger partial charge in [0.2, 0.25) is 15.9 Å². The second-order valence-corrected chi connectivity index (χ2v) is 9.77. The molecule has 0 aromatic rings. The minimum Gasteiger partial charge on any atom is -0.497 e. The van der Waals surface area contributed by atoms with Crippen LogP contribution in [-0.2, 0) is 24.3 Å². The normalized spacial score (nSPS) is 29.6. The van der Waals surface area contributed by atoms with Crippen molar-refractivity contribution < 1.29 is 27.5 Å². The first-order valence-corrected chi connectivity index (χ1v) is 10.5. The monoisotopic (exact) mass is 412 g/mol. The molecule has 2 heterocycles. The molecule has 3 N–H and O–H groups in total. The number of methoxy groups -OCH3 is 1. The van der Waals surface area contributed by atoms with E-state index in [4.69, 9.17) is 4.74 Å². The number of allylic oxidation sites excluding steroid dienone is 1. The number of rotatable bonds is 7. The number of likely N-dealkylation sites (tertiary alicyclic amines) is 1. The molecule has 4 amide bonds. The third-order valence-electron chi connectivity index (χ3n) is 5.24. The lowest BCUT2D eigenvalue weighted by Gasteiger charge is -2.31. The van der Waals surface area contributed by atoms with Gasteiger partial charge in [0.05, 0.1) is 24.8 Å². The molecule has 3 atom stereocenters. The van der Waals surface area contributed by atoms with Crippen LogP contribution < -0.4 is 15.4 Å². The molecule has 0 spiro atoms. The van der Waals surface area contributed by atoms with Gasteiger partial charge >= 0.3 is 6.03 Å². The number of hydrogen-bond donors (Lipinski definition) is 3. The van der Waals surface area contributed by atoms with E-state index in [1.54, 1.807) is 19.3 Å². The van der Waals surface area contributed by atoms with Crippen LogP contribution in [0.3, 0.4) is 0 Å². The second-order valence-electron chi connectivity index (χ2n) is 7.45. The molecule has 28 heavy (non-hydrogen) atoms. The number of sulfonamides is 1. The van der Waals surface area contributed by atoms with Crippen molar-refractivity contribution in [1.29, 1.82) is 0 Å². The largest absolute Gasteiger partial charge is 0.497 e. The predicted molar refractivity (Wildman–Crippen MR) is 99.3 cm³/mol. The quantitative estimate of drug-likeness (QED) is 0.463. The molecule has 0 aromatic carbocycles. The van der Waals surface area contributed by atoms with Crippen LogP contribution in [0, 0.1) is 11.8 Å². The first-order chi connectivity index (χ1) is 13.1. The Morgan fingerprint density at radius 3 is 2.64 bits per heavy atom. The molecule has 3 rings (SSSR count). The lowest BCUT2D eigenvalue weighted by Crippen LogP contribution is -2.62. The fourth-order valence-corrected chi connectivity index (χ4v) is 4.29. The van der Waals surface area contributed by atoms with Crippen LogP contribution >= 0.6 is 0 Å². The van der Waals surface area contributed by atoms with Crippen LogP contribution in [0.2, 0.25) is 0 Å². The molecule has 3 unspecified atom stereocenters. The van der Waals surface area contributed by atoms with Crippen LogP contribution in [0.1, 0.15) is 13.8 Å². The molecule has 154 valence electrons. The van der Waals surface area contributed by atoms with E-state index in [9.17, 15) is 22.8 Å². The smallest absolute Gasteiger partial charge is 0.322 e. The topological polar surface area (TPSA) is 134 Å². The Labute approximate surface area is 163 Å². The van der Waals surface area contributed by atoms with Gasteiger partial charge in [0.25, 0.3) is 5.91 Å². The molecule has 0 radical (unpaired) electrons. The molecule has 0 bridgehead atoms. The predicted octanol–water partition coefficient (Wildman–Crippen LogP) is -0.933. The fourth-order valence-electron chi connectivity index (χ4n) is 3.51. The maximum absolute atomic E-state index is 12.8. The first kappa shape index (κ1) is 20.3. The molecule has 2 aliphatic heterocycles. The van der Waals surface area contributed by atoms with Gasteiger partial charge in [-0.3, -0.25) is 14.9 Å². The van der Waals surface area contributed by atoms with Crippen molar-refractivity contribution in [2.24, 2.45) is 11.8 Å². The number of fused-ring (bicyclic) bond motifs is 1. The summed E-state index contributed by atoms with van der Waals surface area (Å²) in [5.74, 6) is -0.689. The number of nitrogens with zero attached hydrogens (tertiary/aromatic N) is 1. The molecule has 2 fully saturated rings. The number of nitrogens with one attached hydrogen (secondary N) is 3. The van der Waals surface area contributed by atoms with Crippen molar-refractivity contribution in [2.45, 2.75) is 24.6 Å². The van der Waals surface area contributed by atoms with Gasteiger partial charge in [-0.2, -0.15) is 0 Å². The summed E-state index contributed by atoms with van der Waals surface area (Å²) in [4.78, 5) is 38.5. The number of ether oxygens (including phenoxy) is 1. The maximum atomic E-state index is 12.8. The summed E-state index contributed by atoms with van der Waals surface area (Å²) in [5, 5.41) is 3.93. The van der Waals surface area contributed by atoms with Gasteiger partial charge in [-0.15, -0.1) is 0 Å². The van der Waals surface area contributed by atoms with Gasteiger partial charge in [0.15, 0.2) is 5.54 Å². The molecule has 0 aromatic heterocycles. The number of carbonyl (C=O) groups excluding carboxylic acids is 3. The van der Waals surface area contributed by atoms with E-state index in [1.807, 2.05) is 6.08 Å². The Morgan fingerprint density at radius 2 is 2.07 bits per heavy atom. The highest BCUT2D eigenvalue weighted by molar-refractivity contribution is 7.90. The van der Waals surface area contributed by atoms with Crippen LogP contribution in [-0.4, -0.2) is 68.7 Å². The van der Waals surface area contributed by atoms with E-state index in [0.717, 1.165) is 0 Å². The molecular formula is C17H24N4O6S. The Hall–Kier alpha value is -2.40. The van der Waals surface area contributed by atoms with E-state index in [1.165, 1.54) is 18.7 Å². The highest BCUT2D eigenvalue weighted by Crippen LogP contribution is 2.33. The second kappa shape index (κ2) is 7.21. The van der Waals surface area contributed by atoms with Crippen molar-refractivity contribution in [1.82, 2.24) is 20.3 Å². The van der Waals surface area contributed by atoms with Crippen LogP contribution in [0.4, 0.5) is 4.79 Å². The lowest BCUT2D eigenvalue weighted by atomic mass is 9.91. The summed E-state index contributed by atoms with van der Waals surface area (Å²) in [7, 11) is -2.12. The van der Waals surface area contributed by atoms with Crippen LogP contribution in [0.15, 0.2) is 24.0 Å². The molecule has 10 nitrogen and oxygen atoms in total. The Balaban J connectivity index is 1.80. The van der Waals surface area contributed by atoms with E-state index >= 15 is 0 Å². The SMILES string of the molecule is COC1=CC2CN(CC3(CNS(=O)(=O)C(C)C)NC(=O)NC3=O)C(=O)C2C=C1. The summed E-state index contributed by atoms with van der Waals surface area (Å²) in [5.41, 5.74) is -1.57. The molecule has 3 aliphatic rings. The third-order valence-corrected chi connectivity index (χ3v) is 7.03. The summed E-state index contributed by atoms with van der Waals surface area (Å²) < 4.78 is 31.8. The molecule has 2 saturated heterocycles. The zero-order valence-corrected chi connectivity index (χ0v) is 16.7. The molecular weight excluding hydrogens is 388 g/mol. The van der Waals surface area contributed by atoms with Gasteiger partial charge in [0, 0.05) is 19.0 Å². The Kier molecular flexibility index (Phi) is 5.24. The van der Waals surface area contributed by atoms with Crippen LogP contribution in [0.25, 0.3) is 0 Å². The average molecular weight is 412 g/mol. The van der Waals surface area contributed by atoms with E-state index in [2.05, 4.69) is 15.4 Å². The summed E-state index contributed by atoms with van der Waals surface area (Å²) in [6, 6.07) is -0.723. The summed E-state index contributed by atoms with van der Waals surface area (Å²) >= 11 is 0. The highest BCUT2D eigenvalue weighted by atomic mass is 32.2. The fraction of sp³-hybridized carbons (Fsp3) is 0.588. The minimum atomic E-state index is -3.67. The minimum absolute atomic E-state index is 0.114. The average Bonchev–Trinajstić information content (AvgIpc) is 3.09. The van der Waals surface area contributed by atoms with E-state index < -0.39 is 32.8 Å². The number of urea groups is 1. The summed E-state index contributed by atoms with van der Waals surface area (Å²) in [6.45, 7) is 2.86. The molecule has 0 saturated carbocycles. The van der Waals surface area contributed by atoms with Gasteiger partial charge in [-0.1, -0.05) is 6.08 Å². The van der Waals surface area contributed by atoms with Gasteiger partial charge < -0.3 is 15.0 Å². The maximum Gasteiger partial charge on any atom is 0.322 e. The standard InChI is InChI=1S/C17H24N4O6S/c1-10(2)28(25,26)18-8-17(15(23)19-16(24)20-17)9-21-7-11-6-12(27-3)4-5-13(11)14(21)22/h4-6,10-11,13,18H,7-9H2,1-3H3,(H2,19,20,23,24). The van der Waals surface area contributed by atoms with Crippen molar-refractivity contribution in [3.63, 3.8) is 0 Å². The number of imide groups is 1.